The molecule has 0 aliphatic heterocycles. The van der Waals surface area contributed by atoms with Gasteiger partial charge in [0.05, 0.1) is 12.1 Å². The second-order valence-corrected chi connectivity index (χ2v) is 5.48. The summed E-state index contributed by atoms with van der Waals surface area (Å²) in [6, 6.07) is 5.07. The van der Waals surface area contributed by atoms with E-state index in [1.807, 2.05) is 20.8 Å². The van der Waals surface area contributed by atoms with Gasteiger partial charge in [0.2, 0.25) is 0 Å². The maximum Gasteiger partial charge on any atom is 0.419 e. The van der Waals surface area contributed by atoms with Crippen molar-refractivity contribution in [3.63, 3.8) is 0 Å². The number of nitrogens with zero attached hydrogens (tertiary/aromatic N) is 1. The fraction of sp³-hybridized carbons (Fsp3) is 0.500. The minimum atomic E-state index is -4.44. The lowest BCUT2D eigenvalue weighted by Gasteiger charge is -2.21. The summed E-state index contributed by atoms with van der Waals surface area (Å²) in [5.74, 6) is 0.0257. The number of benzene rings is 1. The summed E-state index contributed by atoms with van der Waals surface area (Å²) < 4.78 is 43.3. The van der Waals surface area contributed by atoms with Crippen LogP contribution in [0.25, 0.3) is 0 Å². The minimum Gasteiger partial charge on any atom is -0.491 e. The van der Waals surface area contributed by atoms with Gasteiger partial charge >= 0.3 is 6.18 Å². The van der Waals surface area contributed by atoms with Gasteiger partial charge in [-0.15, -0.1) is 24.0 Å². The molecule has 0 bridgehead atoms. The Hall–Kier alpha value is -1.19. The molecule has 0 saturated heterocycles. The van der Waals surface area contributed by atoms with Crippen LogP contribution >= 0.6 is 24.0 Å². The van der Waals surface area contributed by atoms with Crippen LogP contribution in [0, 0.1) is 0 Å². The fourth-order valence-corrected chi connectivity index (χ4v) is 1.57. The first-order chi connectivity index (χ1) is 9.59. The Kier molecular flexibility index (Phi) is 7.99. The third-order valence-corrected chi connectivity index (χ3v) is 2.33. The first-order valence-electron chi connectivity index (χ1n) is 6.47. The number of hydrogen-bond acceptors (Lipinski definition) is 2. The predicted molar refractivity (Wildman–Crippen MR) is 91.7 cm³/mol. The molecule has 1 aromatic rings. The first-order valence-corrected chi connectivity index (χ1v) is 6.47. The molecule has 22 heavy (non-hydrogen) atoms. The van der Waals surface area contributed by atoms with Gasteiger partial charge in [-0.25, -0.2) is 4.99 Å². The Balaban J connectivity index is 0.00000441. The molecule has 0 aliphatic rings. The molecule has 0 aliphatic carbocycles. The molecular weight excluding hydrogens is 410 g/mol. The zero-order valence-electron chi connectivity index (χ0n) is 12.7. The Morgan fingerprint density at radius 1 is 1.23 bits per heavy atom. The number of para-hydroxylation sites is 1. The van der Waals surface area contributed by atoms with Gasteiger partial charge in [0.15, 0.2) is 5.96 Å². The second-order valence-electron chi connectivity index (χ2n) is 5.48. The van der Waals surface area contributed by atoms with Crippen molar-refractivity contribution >= 4 is 29.9 Å². The molecule has 3 N–H and O–H groups in total. The lowest BCUT2D eigenvalue weighted by molar-refractivity contribution is -0.138. The average Bonchev–Trinajstić information content (AvgIpc) is 2.32. The Labute approximate surface area is 145 Å². The molecule has 0 atom stereocenters. The molecule has 8 heteroatoms. The Morgan fingerprint density at radius 3 is 2.36 bits per heavy atom. The molecule has 1 rings (SSSR count). The van der Waals surface area contributed by atoms with E-state index in [9.17, 15) is 13.2 Å². The van der Waals surface area contributed by atoms with E-state index in [0.29, 0.717) is 0 Å². The van der Waals surface area contributed by atoms with Crippen molar-refractivity contribution in [1.82, 2.24) is 5.32 Å². The molecule has 0 radical (unpaired) electrons. The van der Waals surface area contributed by atoms with Crippen LogP contribution < -0.4 is 15.8 Å². The van der Waals surface area contributed by atoms with Crippen LogP contribution in [0.2, 0.25) is 0 Å². The lowest BCUT2D eigenvalue weighted by Crippen LogP contribution is -2.45. The van der Waals surface area contributed by atoms with Gasteiger partial charge in [-0.2, -0.15) is 13.2 Å². The van der Waals surface area contributed by atoms with E-state index in [0.717, 1.165) is 6.07 Å². The van der Waals surface area contributed by atoms with Gasteiger partial charge in [-0.05, 0) is 32.9 Å². The van der Waals surface area contributed by atoms with E-state index in [4.69, 9.17) is 10.5 Å². The van der Waals surface area contributed by atoms with E-state index in [-0.39, 0.29) is 54.4 Å². The number of alkyl halides is 3. The number of rotatable bonds is 4. The van der Waals surface area contributed by atoms with Crippen LogP contribution in [0.4, 0.5) is 13.2 Å². The third kappa shape index (κ3) is 7.71. The standard InChI is InChI=1S/C14H20F3N3O.HI/c1-13(2,3)20-12(18)19-8-9-21-11-7-5-4-6-10(11)14(15,16)17;/h4-7H,8-9H2,1-3H3,(H3,18,19,20);1H. The molecule has 0 heterocycles. The SMILES string of the molecule is CC(C)(C)NC(N)=NCCOc1ccccc1C(F)(F)F.I. The average molecular weight is 431 g/mol. The predicted octanol–water partition coefficient (Wildman–Crippen LogP) is 3.41. The van der Waals surface area contributed by atoms with Crippen LogP contribution in [0.5, 0.6) is 5.75 Å². The van der Waals surface area contributed by atoms with Gasteiger partial charge in [0, 0.05) is 5.54 Å². The smallest absolute Gasteiger partial charge is 0.419 e. The van der Waals surface area contributed by atoms with Gasteiger partial charge in [0.25, 0.3) is 0 Å². The first kappa shape index (κ1) is 20.8. The Morgan fingerprint density at radius 2 is 1.82 bits per heavy atom. The molecule has 0 spiro atoms. The number of ether oxygens (including phenoxy) is 1. The fourth-order valence-electron chi connectivity index (χ4n) is 1.57. The number of nitrogens with one attached hydrogen (secondary N) is 1. The van der Waals surface area contributed by atoms with E-state index in [2.05, 4.69) is 10.3 Å². The van der Waals surface area contributed by atoms with Crippen molar-refractivity contribution < 1.29 is 17.9 Å². The normalized spacial score (nSPS) is 12.5. The monoisotopic (exact) mass is 431 g/mol. The van der Waals surface area contributed by atoms with Crippen molar-refractivity contribution in [2.45, 2.75) is 32.5 Å². The van der Waals surface area contributed by atoms with Gasteiger partial charge in [-0.1, -0.05) is 12.1 Å². The highest BCUT2D eigenvalue weighted by Crippen LogP contribution is 2.35. The highest BCUT2D eigenvalue weighted by atomic mass is 127. The maximum absolute atomic E-state index is 12.7. The summed E-state index contributed by atoms with van der Waals surface area (Å²) in [4.78, 5) is 3.99. The number of halogens is 4. The molecule has 0 aromatic heterocycles. The van der Waals surface area contributed by atoms with Crippen molar-refractivity contribution in [2.75, 3.05) is 13.2 Å². The van der Waals surface area contributed by atoms with Crippen molar-refractivity contribution in [2.24, 2.45) is 10.7 Å². The van der Waals surface area contributed by atoms with Crippen LogP contribution in [-0.2, 0) is 6.18 Å². The number of aliphatic imine (C=N–C) groups is 1. The van der Waals surface area contributed by atoms with E-state index in [1.54, 1.807) is 0 Å². The minimum absolute atomic E-state index is 0. The maximum atomic E-state index is 12.7. The molecule has 0 amide bonds. The van der Waals surface area contributed by atoms with Crippen LogP contribution in [0.3, 0.4) is 0 Å². The van der Waals surface area contributed by atoms with Crippen molar-refractivity contribution in [3.05, 3.63) is 29.8 Å². The Bertz CT molecular complexity index is 499. The molecular formula is C14H21F3IN3O. The largest absolute Gasteiger partial charge is 0.491 e. The van der Waals surface area contributed by atoms with Crippen LogP contribution in [0.15, 0.2) is 29.3 Å². The zero-order valence-corrected chi connectivity index (χ0v) is 15.0. The molecule has 1 aromatic carbocycles. The van der Waals surface area contributed by atoms with E-state index >= 15 is 0 Å². The van der Waals surface area contributed by atoms with E-state index < -0.39 is 11.7 Å². The highest BCUT2D eigenvalue weighted by molar-refractivity contribution is 14.0. The summed E-state index contributed by atoms with van der Waals surface area (Å²) in [6.07, 6.45) is -4.44. The summed E-state index contributed by atoms with van der Waals surface area (Å²) in [7, 11) is 0. The number of guanidine groups is 1. The number of hydrogen-bond donors (Lipinski definition) is 2. The molecule has 0 unspecified atom stereocenters. The van der Waals surface area contributed by atoms with Crippen LogP contribution in [0.1, 0.15) is 26.3 Å². The molecule has 0 fully saturated rings. The summed E-state index contributed by atoms with van der Waals surface area (Å²) in [5, 5.41) is 2.95. The molecule has 4 nitrogen and oxygen atoms in total. The van der Waals surface area contributed by atoms with Crippen molar-refractivity contribution in [1.29, 1.82) is 0 Å². The highest BCUT2D eigenvalue weighted by Gasteiger charge is 2.33. The van der Waals surface area contributed by atoms with E-state index in [1.165, 1.54) is 18.2 Å². The molecule has 126 valence electrons. The zero-order chi connectivity index (χ0) is 16.1. The van der Waals surface area contributed by atoms with Crippen LogP contribution in [-0.4, -0.2) is 24.7 Å². The van der Waals surface area contributed by atoms with Gasteiger partial charge in [-0.3, -0.25) is 0 Å². The number of nitrogens with two attached hydrogens (primary N) is 1. The summed E-state index contributed by atoms with van der Waals surface area (Å²) in [6.45, 7) is 5.95. The molecule has 0 saturated carbocycles. The third-order valence-electron chi connectivity index (χ3n) is 2.33. The topological polar surface area (TPSA) is 59.6 Å². The lowest BCUT2D eigenvalue weighted by atomic mass is 10.1. The summed E-state index contributed by atoms with van der Waals surface area (Å²) in [5.41, 5.74) is 4.62. The quantitative estimate of drug-likeness (QED) is 0.333. The summed E-state index contributed by atoms with van der Waals surface area (Å²) >= 11 is 0. The second kappa shape index (κ2) is 8.44. The van der Waals surface area contributed by atoms with Crippen molar-refractivity contribution in [3.8, 4) is 5.75 Å². The van der Waals surface area contributed by atoms with Gasteiger partial charge < -0.3 is 15.8 Å². The van der Waals surface area contributed by atoms with Gasteiger partial charge in [0.1, 0.15) is 12.4 Å².